The fourth-order valence-electron chi connectivity index (χ4n) is 3.09. The Hall–Kier alpha value is -3.32. The van der Waals surface area contributed by atoms with Gasteiger partial charge in [-0.3, -0.25) is 4.79 Å². The summed E-state index contributed by atoms with van der Waals surface area (Å²) in [7, 11) is 0. The summed E-state index contributed by atoms with van der Waals surface area (Å²) in [6.45, 7) is 3.95. The van der Waals surface area contributed by atoms with Crippen LogP contribution in [0.2, 0.25) is 0 Å². The SMILES string of the molecule is Cc1ncc(-c2cc(-c3ccc(NC(=O)c4c(F)cccc4F)cc3)c(C)s2)[nH]1. The summed E-state index contributed by atoms with van der Waals surface area (Å²) in [5, 5.41) is 2.54. The fourth-order valence-corrected chi connectivity index (χ4v) is 4.10. The number of imidazole rings is 1. The van der Waals surface area contributed by atoms with Gasteiger partial charge in [-0.05, 0) is 55.3 Å². The average molecular weight is 409 g/mol. The molecule has 29 heavy (non-hydrogen) atoms. The van der Waals surface area contributed by atoms with Gasteiger partial charge in [0.25, 0.3) is 5.91 Å². The summed E-state index contributed by atoms with van der Waals surface area (Å²) >= 11 is 1.67. The van der Waals surface area contributed by atoms with Gasteiger partial charge in [0.05, 0.1) is 16.8 Å². The van der Waals surface area contributed by atoms with Gasteiger partial charge in [0.1, 0.15) is 23.0 Å². The minimum absolute atomic E-state index is 0.457. The topological polar surface area (TPSA) is 57.8 Å². The number of carbonyl (C=O) groups is 1. The highest BCUT2D eigenvalue weighted by molar-refractivity contribution is 7.15. The second-order valence-electron chi connectivity index (χ2n) is 6.59. The first kappa shape index (κ1) is 19.0. The van der Waals surface area contributed by atoms with Crippen molar-refractivity contribution < 1.29 is 13.6 Å². The van der Waals surface area contributed by atoms with Crippen molar-refractivity contribution in [3.8, 4) is 21.7 Å². The molecule has 2 N–H and O–H groups in total. The van der Waals surface area contributed by atoms with Crippen LogP contribution in [0.15, 0.2) is 54.7 Å². The van der Waals surface area contributed by atoms with Gasteiger partial charge >= 0.3 is 0 Å². The number of H-pyrrole nitrogens is 1. The number of thiophene rings is 1. The van der Waals surface area contributed by atoms with Crippen molar-refractivity contribution in [1.29, 1.82) is 0 Å². The Morgan fingerprint density at radius 3 is 2.38 bits per heavy atom. The minimum atomic E-state index is -0.894. The van der Waals surface area contributed by atoms with Crippen LogP contribution in [-0.4, -0.2) is 15.9 Å². The number of benzene rings is 2. The molecule has 4 nitrogen and oxygen atoms in total. The van der Waals surface area contributed by atoms with Gasteiger partial charge in [-0.15, -0.1) is 11.3 Å². The number of nitrogens with one attached hydrogen (secondary N) is 2. The van der Waals surface area contributed by atoms with E-state index in [0.717, 1.165) is 44.5 Å². The predicted molar refractivity (Wildman–Crippen MR) is 111 cm³/mol. The molecule has 4 rings (SSSR count). The maximum Gasteiger partial charge on any atom is 0.261 e. The molecule has 0 aliphatic heterocycles. The first-order valence-electron chi connectivity index (χ1n) is 8.90. The van der Waals surface area contributed by atoms with Gasteiger partial charge in [0.15, 0.2) is 0 Å². The maximum absolute atomic E-state index is 13.8. The molecule has 0 aliphatic rings. The van der Waals surface area contributed by atoms with E-state index in [1.54, 1.807) is 23.5 Å². The third-order valence-electron chi connectivity index (χ3n) is 4.53. The number of hydrogen-bond donors (Lipinski definition) is 2. The Morgan fingerprint density at radius 1 is 1.07 bits per heavy atom. The molecular weight excluding hydrogens is 392 g/mol. The van der Waals surface area contributed by atoms with Crippen LogP contribution in [0.4, 0.5) is 14.5 Å². The van der Waals surface area contributed by atoms with E-state index in [9.17, 15) is 13.6 Å². The molecule has 2 aromatic carbocycles. The van der Waals surface area contributed by atoms with Crippen molar-refractivity contribution in [2.24, 2.45) is 0 Å². The van der Waals surface area contributed by atoms with Crippen LogP contribution in [0.5, 0.6) is 0 Å². The van der Waals surface area contributed by atoms with Crippen LogP contribution in [0, 0.1) is 25.5 Å². The number of halogens is 2. The lowest BCUT2D eigenvalue weighted by Crippen LogP contribution is -2.15. The number of rotatable bonds is 4. The lowest BCUT2D eigenvalue weighted by Gasteiger charge is -2.08. The lowest BCUT2D eigenvalue weighted by molar-refractivity contribution is 0.101. The van der Waals surface area contributed by atoms with Crippen LogP contribution in [-0.2, 0) is 0 Å². The molecule has 0 radical (unpaired) electrons. The predicted octanol–water partition coefficient (Wildman–Crippen LogP) is 5.95. The van der Waals surface area contributed by atoms with E-state index in [2.05, 4.69) is 21.4 Å². The van der Waals surface area contributed by atoms with Gasteiger partial charge in [-0.25, -0.2) is 13.8 Å². The Labute approximate surface area is 170 Å². The molecule has 2 heterocycles. The van der Waals surface area contributed by atoms with E-state index >= 15 is 0 Å². The number of aromatic nitrogens is 2. The standard InChI is InChI=1S/C22H17F2N3OS/c1-12-16(10-20(29-12)19-11-25-13(2)26-19)14-6-8-15(9-7-14)27-22(28)21-17(23)4-3-5-18(21)24/h3-11H,1-2H3,(H,25,26)(H,27,28). The first-order valence-corrected chi connectivity index (χ1v) is 9.72. The van der Waals surface area contributed by atoms with E-state index in [1.165, 1.54) is 6.07 Å². The average Bonchev–Trinajstić information content (AvgIpc) is 3.28. The zero-order valence-corrected chi connectivity index (χ0v) is 16.5. The van der Waals surface area contributed by atoms with E-state index < -0.39 is 23.1 Å². The largest absolute Gasteiger partial charge is 0.342 e. The van der Waals surface area contributed by atoms with Crippen molar-refractivity contribution in [3.63, 3.8) is 0 Å². The molecular formula is C22H17F2N3OS. The normalized spacial score (nSPS) is 10.9. The Kier molecular flexibility index (Phi) is 4.98. The Bertz CT molecular complexity index is 1180. The molecule has 0 spiro atoms. The smallest absolute Gasteiger partial charge is 0.261 e. The summed E-state index contributed by atoms with van der Waals surface area (Å²) in [5.41, 5.74) is 2.90. The number of aryl methyl sites for hydroxylation is 2. The van der Waals surface area contributed by atoms with Gasteiger partial charge in [-0.1, -0.05) is 18.2 Å². The number of amides is 1. The number of anilines is 1. The zero-order chi connectivity index (χ0) is 20.5. The molecule has 0 saturated carbocycles. The van der Waals surface area contributed by atoms with Crippen LogP contribution in [0.1, 0.15) is 21.1 Å². The van der Waals surface area contributed by atoms with Gasteiger partial charge in [0.2, 0.25) is 0 Å². The lowest BCUT2D eigenvalue weighted by atomic mass is 10.1. The molecule has 4 aromatic rings. The second-order valence-corrected chi connectivity index (χ2v) is 7.85. The van der Waals surface area contributed by atoms with Gasteiger partial charge in [-0.2, -0.15) is 0 Å². The van der Waals surface area contributed by atoms with Crippen LogP contribution in [0.25, 0.3) is 21.7 Å². The van der Waals surface area contributed by atoms with Gasteiger partial charge in [0, 0.05) is 10.6 Å². The van der Waals surface area contributed by atoms with Crippen molar-refractivity contribution in [2.45, 2.75) is 13.8 Å². The molecule has 0 atom stereocenters. The third-order valence-corrected chi connectivity index (χ3v) is 5.61. The highest BCUT2D eigenvalue weighted by Gasteiger charge is 2.17. The van der Waals surface area contributed by atoms with Crippen LogP contribution in [0.3, 0.4) is 0 Å². The third kappa shape index (κ3) is 3.82. The van der Waals surface area contributed by atoms with Crippen molar-refractivity contribution in [3.05, 3.63) is 82.6 Å². The highest BCUT2D eigenvalue weighted by atomic mass is 32.1. The van der Waals surface area contributed by atoms with Gasteiger partial charge < -0.3 is 10.3 Å². The first-order chi connectivity index (χ1) is 13.9. The van der Waals surface area contributed by atoms with E-state index in [4.69, 9.17) is 0 Å². The molecule has 146 valence electrons. The number of carbonyl (C=O) groups excluding carboxylic acids is 1. The fraction of sp³-hybridized carbons (Fsp3) is 0.0909. The highest BCUT2D eigenvalue weighted by Crippen LogP contribution is 2.36. The maximum atomic E-state index is 13.8. The Morgan fingerprint density at radius 2 is 1.76 bits per heavy atom. The summed E-state index contributed by atoms with van der Waals surface area (Å²) in [5.74, 6) is -1.75. The summed E-state index contributed by atoms with van der Waals surface area (Å²) in [6, 6.07) is 12.6. The molecule has 1 amide bonds. The molecule has 0 fully saturated rings. The summed E-state index contributed by atoms with van der Waals surface area (Å²) in [4.78, 5) is 21.9. The van der Waals surface area contributed by atoms with E-state index in [-0.39, 0.29) is 0 Å². The number of hydrogen-bond acceptors (Lipinski definition) is 3. The Balaban J connectivity index is 1.56. The molecule has 7 heteroatoms. The van der Waals surface area contributed by atoms with E-state index in [0.29, 0.717) is 5.69 Å². The minimum Gasteiger partial charge on any atom is -0.342 e. The van der Waals surface area contributed by atoms with Crippen molar-refractivity contribution in [1.82, 2.24) is 9.97 Å². The number of nitrogens with zero attached hydrogens (tertiary/aromatic N) is 1. The summed E-state index contributed by atoms with van der Waals surface area (Å²) in [6.07, 6.45) is 1.81. The zero-order valence-electron chi connectivity index (χ0n) is 15.7. The van der Waals surface area contributed by atoms with Crippen LogP contribution < -0.4 is 5.32 Å². The second kappa shape index (κ2) is 7.60. The monoisotopic (exact) mass is 409 g/mol. The van der Waals surface area contributed by atoms with Crippen molar-refractivity contribution >= 4 is 22.9 Å². The van der Waals surface area contributed by atoms with Crippen LogP contribution >= 0.6 is 11.3 Å². The molecule has 0 bridgehead atoms. The summed E-state index contributed by atoms with van der Waals surface area (Å²) < 4.78 is 27.5. The molecule has 0 saturated heterocycles. The molecule has 0 unspecified atom stereocenters. The quantitative estimate of drug-likeness (QED) is 0.437. The molecule has 0 aliphatic carbocycles. The van der Waals surface area contributed by atoms with Crippen molar-refractivity contribution in [2.75, 3.05) is 5.32 Å². The van der Waals surface area contributed by atoms with E-state index in [1.807, 2.05) is 32.2 Å². The number of aromatic amines is 1. The molecule has 2 aromatic heterocycles.